The maximum absolute atomic E-state index is 11.5. The molecule has 3 rings (SSSR count). The van der Waals surface area contributed by atoms with Crippen LogP contribution in [0.4, 0.5) is 0 Å². The molecule has 2 aromatic rings. The van der Waals surface area contributed by atoms with Crippen molar-refractivity contribution in [2.45, 2.75) is 59.4 Å². The van der Waals surface area contributed by atoms with Gasteiger partial charge >= 0.3 is 5.97 Å². The Hall–Kier alpha value is -1.95. The number of carboxylic acid groups (broad SMARTS) is 1. The molecule has 0 spiro atoms. The minimum absolute atomic E-state index is 0.336. The fourth-order valence-electron chi connectivity index (χ4n) is 3.66. The number of benzene rings is 1. The van der Waals surface area contributed by atoms with Crippen LogP contribution in [-0.2, 0) is 17.8 Å². The summed E-state index contributed by atoms with van der Waals surface area (Å²) in [6.45, 7) is 6.34. The van der Waals surface area contributed by atoms with Crippen LogP contribution in [-0.4, -0.2) is 25.8 Å². The van der Waals surface area contributed by atoms with E-state index in [1.165, 1.54) is 21.6 Å². The number of carboxylic acids is 1. The number of halogens is 1. The van der Waals surface area contributed by atoms with Gasteiger partial charge in [-0.2, -0.15) is 0 Å². The van der Waals surface area contributed by atoms with Crippen molar-refractivity contribution in [3.63, 3.8) is 0 Å². The van der Waals surface area contributed by atoms with Gasteiger partial charge in [0, 0.05) is 13.0 Å². The molecule has 1 aromatic heterocycles. The molecule has 0 atom stereocenters. The molecule has 0 saturated carbocycles. The van der Waals surface area contributed by atoms with Crippen LogP contribution in [0.3, 0.4) is 0 Å². The van der Waals surface area contributed by atoms with E-state index in [2.05, 4.69) is 57.3 Å². The molecule has 0 amide bonds. The minimum atomic E-state index is -0.887. The van der Waals surface area contributed by atoms with E-state index in [1.807, 2.05) is 4.57 Å². The van der Waals surface area contributed by atoms with Crippen LogP contribution in [0.5, 0.6) is 0 Å². The van der Waals surface area contributed by atoms with Gasteiger partial charge in [-0.1, -0.05) is 43.2 Å². The maximum Gasteiger partial charge on any atom is 0.309 e. The lowest BCUT2D eigenvalue weighted by Gasteiger charge is -2.21. The molecule has 5 nitrogen and oxygen atoms in total. The van der Waals surface area contributed by atoms with Gasteiger partial charge in [-0.3, -0.25) is 4.79 Å². The minimum Gasteiger partial charge on any atom is -0.481 e. The van der Waals surface area contributed by atoms with Crippen molar-refractivity contribution in [1.29, 1.82) is 0 Å². The summed E-state index contributed by atoms with van der Waals surface area (Å²) < 4.78 is 2.65. The van der Waals surface area contributed by atoms with Crippen LogP contribution >= 0.6 is 15.9 Å². The molecular formula is C21H26BrN3O2. The molecule has 1 aliphatic carbocycles. The Labute approximate surface area is 167 Å². The Kier molecular flexibility index (Phi) is 5.84. The lowest BCUT2D eigenvalue weighted by Crippen LogP contribution is -2.33. The van der Waals surface area contributed by atoms with Gasteiger partial charge in [-0.15, -0.1) is 10.2 Å². The zero-order chi connectivity index (χ0) is 19.6. The largest absolute Gasteiger partial charge is 0.481 e. The van der Waals surface area contributed by atoms with Crippen molar-refractivity contribution in [2.24, 2.45) is 5.41 Å². The molecular weight excluding hydrogens is 406 g/mol. The predicted molar refractivity (Wildman–Crippen MR) is 109 cm³/mol. The molecule has 0 saturated heterocycles. The van der Waals surface area contributed by atoms with Gasteiger partial charge < -0.3 is 9.67 Å². The maximum atomic E-state index is 11.5. The van der Waals surface area contributed by atoms with Gasteiger partial charge in [0.1, 0.15) is 5.82 Å². The highest BCUT2D eigenvalue weighted by Gasteiger charge is 2.30. The first-order valence-corrected chi connectivity index (χ1v) is 10.2. The van der Waals surface area contributed by atoms with Crippen molar-refractivity contribution in [1.82, 2.24) is 14.8 Å². The zero-order valence-electron chi connectivity index (χ0n) is 16.1. The SMILES string of the molecule is CCCC1=c2ccccc2=C(Cn2c(Br)nnc2CC(C)(C)C(=O)O)CC1. The van der Waals surface area contributed by atoms with Crippen LogP contribution in [0.25, 0.3) is 11.1 Å². The zero-order valence-corrected chi connectivity index (χ0v) is 17.7. The third kappa shape index (κ3) is 4.15. The number of carbonyl (C=O) groups is 1. The fraction of sp³-hybridized carbons (Fsp3) is 0.476. The fourth-order valence-corrected chi connectivity index (χ4v) is 4.07. The lowest BCUT2D eigenvalue weighted by molar-refractivity contribution is -0.146. The molecule has 144 valence electrons. The molecule has 1 N–H and O–H groups in total. The summed E-state index contributed by atoms with van der Waals surface area (Å²) in [5, 5.41) is 20.5. The standard InChI is InChI=1S/C21H26BrN3O2/c1-4-7-14-10-11-15(17-9-6-5-8-16(14)17)13-25-18(23-24-20(25)22)12-21(2,3)19(26)27/h5-6,8-9H,4,7,10-13H2,1-3H3,(H,26,27). The number of aliphatic carboxylic acids is 1. The second kappa shape index (κ2) is 7.97. The summed E-state index contributed by atoms with van der Waals surface area (Å²) in [5.74, 6) is -0.134. The number of nitrogens with zero attached hydrogens (tertiary/aromatic N) is 3. The van der Waals surface area contributed by atoms with Crippen LogP contribution in [0.1, 0.15) is 52.3 Å². The Morgan fingerprint density at radius 1 is 1.19 bits per heavy atom. The summed E-state index contributed by atoms with van der Waals surface area (Å²) in [6, 6.07) is 8.60. The first-order valence-electron chi connectivity index (χ1n) is 9.43. The summed E-state index contributed by atoms with van der Waals surface area (Å²) in [6.07, 6.45) is 4.72. The van der Waals surface area contributed by atoms with Gasteiger partial charge in [0.15, 0.2) is 4.73 Å². The van der Waals surface area contributed by atoms with Crippen molar-refractivity contribution in [3.05, 3.63) is 45.3 Å². The third-order valence-corrected chi connectivity index (χ3v) is 5.87. The third-order valence-electron chi connectivity index (χ3n) is 5.28. The monoisotopic (exact) mass is 431 g/mol. The smallest absolute Gasteiger partial charge is 0.309 e. The van der Waals surface area contributed by atoms with E-state index in [0.29, 0.717) is 23.5 Å². The van der Waals surface area contributed by atoms with Crippen molar-refractivity contribution >= 4 is 33.0 Å². The second-order valence-corrected chi connectivity index (χ2v) is 8.55. The van der Waals surface area contributed by atoms with Gasteiger partial charge in [-0.25, -0.2) is 0 Å². The molecule has 0 radical (unpaired) electrons. The molecule has 0 fully saturated rings. The average Bonchev–Trinajstić information content (AvgIpc) is 2.96. The number of fused-ring (bicyclic) bond motifs is 1. The number of rotatable bonds is 7. The number of hydrogen-bond acceptors (Lipinski definition) is 3. The van der Waals surface area contributed by atoms with Gasteiger partial charge in [0.2, 0.25) is 0 Å². The van der Waals surface area contributed by atoms with Crippen molar-refractivity contribution in [3.8, 4) is 0 Å². The molecule has 0 bridgehead atoms. The highest BCUT2D eigenvalue weighted by atomic mass is 79.9. The number of hydrogen-bond donors (Lipinski definition) is 1. The first kappa shape index (κ1) is 19.8. The van der Waals surface area contributed by atoms with Gasteiger partial charge in [0.05, 0.1) is 5.41 Å². The molecule has 1 aliphatic rings. The second-order valence-electron chi connectivity index (χ2n) is 7.84. The first-order chi connectivity index (χ1) is 12.8. The van der Waals surface area contributed by atoms with Crippen LogP contribution in [0.15, 0.2) is 29.0 Å². The number of aromatic nitrogens is 3. The summed E-state index contributed by atoms with van der Waals surface area (Å²) >= 11 is 3.49. The topological polar surface area (TPSA) is 68.0 Å². The van der Waals surface area contributed by atoms with E-state index in [0.717, 1.165) is 25.7 Å². The Morgan fingerprint density at radius 3 is 2.44 bits per heavy atom. The van der Waals surface area contributed by atoms with Crippen LogP contribution in [0, 0.1) is 5.41 Å². The van der Waals surface area contributed by atoms with Crippen LogP contribution < -0.4 is 10.4 Å². The van der Waals surface area contributed by atoms with E-state index in [1.54, 1.807) is 13.8 Å². The molecule has 1 heterocycles. The Balaban J connectivity index is 2.03. The lowest BCUT2D eigenvalue weighted by atomic mass is 9.89. The predicted octanol–water partition coefficient (Wildman–Crippen LogP) is 3.29. The molecule has 1 aromatic carbocycles. The molecule has 0 aliphatic heterocycles. The van der Waals surface area contributed by atoms with E-state index >= 15 is 0 Å². The summed E-state index contributed by atoms with van der Waals surface area (Å²) in [7, 11) is 0. The normalized spacial score (nSPS) is 14.4. The van der Waals surface area contributed by atoms with E-state index < -0.39 is 11.4 Å². The van der Waals surface area contributed by atoms with Crippen molar-refractivity contribution < 1.29 is 9.90 Å². The average molecular weight is 432 g/mol. The molecule has 27 heavy (non-hydrogen) atoms. The quantitative estimate of drug-likeness (QED) is 0.729. The van der Waals surface area contributed by atoms with Crippen molar-refractivity contribution in [2.75, 3.05) is 0 Å². The molecule has 0 unspecified atom stereocenters. The van der Waals surface area contributed by atoms with Gasteiger partial charge in [0.25, 0.3) is 0 Å². The highest BCUT2D eigenvalue weighted by molar-refractivity contribution is 9.10. The Bertz CT molecular complexity index is 976. The Morgan fingerprint density at radius 2 is 1.81 bits per heavy atom. The highest BCUT2D eigenvalue weighted by Crippen LogP contribution is 2.25. The summed E-state index contributed by atoms with van der Waals surface area (Å²) in [4.78, 5) is 11.5. The van der Waals surface area contributed by atoms with E-state index in [-0.39, 0.29) is 0 Å². The summed E-state index contributed by atoms with van der Waals surface area (Å²) in [5.41, 5.74) is 1.99. The van der Waals surface area contributed by atoms with E-state index in [9.17, 15) is 9.90 Å². The van der Waals surface area contributed by atoms with E-state index in [4.69, 9.17) is 0 Å². The van der Waals surface area contributed by atoms with Crippen LogP contribution in [0.2, 0.25) is 0 Å². The van der Waals surface area contributed by atoms with Gasteiger partial charge in [-0.05, 0) is 65.1 Å². The molecule has 6 heteroatoms.